The molecular weight excluding hydrogens is 317 g/mol. The summed E-state index contributed by atoms with van der Waals surface area (Å²) in [6.45, 7) is 2.11. The molecule has 2 aromatic rings. The molecule has 1 N–H and O–H groups in total. The van der Waals surface area contributed by atoms with Gasteiger partial charge >= 0.3 is 6.03 Å². The van der Waals surface area contributed by atoms with Crippen molar-refractivity contribution in [1.82, 2.24) is 15.2 Å². The van der Waals surface area contributed by atoms with Crippen molar-refractivity contribution in [2.45, 2.75) is 6.42 Å². The highest BCUT2D eigenvalue weighted by Crippen LogP contribution is 2.19. The monoisotopic (exact) mass is 335 g/mol. The highest BCUT2D eigenvalue weighted by atomic mass is 32.2. The molecule has 1 aliphatic heterocycles. The molecule has 2 amide bonds. The summed E-state index contributed by atoms with van der Waals surface area (Å²) >= 11 is 1.87. The maximum absolute atomic E-state index is 12.9. The normalized spacial score (nSPS) is 14.7. The van der Waals surface area contributed by atoms with Gasteiger partial charge in [0.05, 0.1) is 5.69 Å². The predicted octanol–water partition coefficient (Wildman–Crippen LogP) is 2.78. The molecule has 2 heterocycles. The van der Waals surface area contributed by atoms with Gasteiger partial charge in [0.2, 0.25) is 5.89 Å². The van der Waals surface area contributed by atoms with E-state index in [1.807, 2.05) is 16.7 Å². The average Bonchev–Trinajstić information content (AvgIpc) is 3.05. The Balaban J connectivity index is 1.49. The standard InChI is InChI=1S/C16H18FN3O2S/c17-13-3-1-12(2-4-13)15-19-14(11-22-15)5-6-18-16(21)20-7-9-23-10-8-20/h1-4,11H,5-10H2,(H,18,21). The summed E-state index contributed by atoms with van der Waals surface area (Å²) in [7, 11) is 0. The van der Waals surface area contributed by atoms with Crippen LogP contribution in [-0.4, -0.2) is 47.1 Å². The van der Waals surface area contributed by atoms with E-state index in [9.17, 15) is 9.18 Å². The van der Waals surface area contributed by atoms with Gasteiger partial charge in [-0.2, -0.15) is 11.8 Å². The third-order valence-electron chi connectivity index (χ3n) is 3.60. The lowest BCUT2D eigenvalue weighted by atomic mass is 10.2. The number of oxazole rings is 1. The van der Waals surface area contributed by atoms with Crippen LogP contribution in [0.5, 0.6) is 0 Å². The Labute approximate surface area is 138 Å². The summed E-state index contributed by atoms with van der Waals surface area (Å²) in [6, 6.07) is 5.97. The third-order valence-corrected chi connectivity index (χ3v) is 4.54. The predicted molar refractivity (Wildman–Crippen MR) is 87.9 cm³/mol. The van der Waals surface area contributed by atoms with Gasteiger partial charge in [-0.15, -0.1) is 0 Å². The lowest BCUT2D eigenvalue weighted by Crippen LogP contribution is -2.44. The molecule has 1 saturated heterocycles. The fourth-order valence-electron chi connectivity index (χ4n) is 2.32. The molecule has 0 unspecified atom stereocenters. The lowest BCUT2D eigenvalue weighted by molar-refractivity contribution is 0.203. The van der Waals surface area contributed by atoms with Crippen molar-refractivity contribution >= 4 is 17.8 Å². The van der Waals surface area contributed by atoms with Crippen LogP contribution in [-0.2, 0) is 6.42 Å². The van der Waals surface area contributed by atoms with Gasteiger partial charge < -0.3 is 14.6 Å². The lowest BCUT2D eigenvalue weighted by Gasteiger charge is -2.26. The topological polar surface area (TPSA) is 58.4 Å². The molecule has 0 aliphatic carbocycles. The summed E-state index contributed by atoms with van der Waals surface area (Å²) in [5.74, 6) is 2.16. The number of carbonyl (C=O) groups is 1. The van der Waals surface area contributed by atoms with Gasteiger partial charge in [0.15, 0.2) is 0 Å². The van der Waals surface area contributed by atoms with E-state index in [1.165, 1.54) is 12.1 Å². The zero-order valence-corrected chi connectivity index (χ0v) is 13.4. The zero-order valence-electron chi connectivity index (χ0n) is 12.6. The number of amides is 2. The zero-order chi connectivity index (χ0) is 16.1. The Bertz CT molecular complexity index is 654. The van der Waals surface area contributed by atoms with Gasteiger partial charge in [-0.05, 0) is 24.3 Å². The maximum Gasteiger partial charge on any atom is 0.317 e. The van der Waals surface area contributed by atoms with Gasteiger partial charge in [0, 0.05) is 43.1 Å². The van der Waals surface area contributed by atoms with Crippen molar-refractivity contribution in [3.8, 4) is 11.5 Å². The Morgan fingerprint density at radius 2 is 2.04 bits per heavy atom. The molecular formula is C16H18FN3O2S. The molecule has 23 heavy (non-hydrogen) atoms. The Hall–Kier alpha value is -2.02. The van der Waals surface area contributed by atoms with Crippen LogP contribution in [0.2, 0.25) is 0 Å². The molecule has 0 saturated carbocycles. The highest BCUT2D eigenvalue weighted by Gasteiger charge is 2.16. The van der Waals surface area contributed by atoms with Crippen molar-refractivity contribution < 1.29 is 13.6 Å². The van der Waals surface area contributed by atoms with Crippen LogP contribution in [0.1, 0.15) is 5.69 Å². The summed E-state index contributed by atoms with van der Waals surface area (Å²) < 4.78 is 18.3. The summed E-state index contributed by atoms with van der Waals surface area (Å²) in [5.41, 5.74) is 1.49. The van der Waals surface area contributed by atoms with Crippen LogP contribution in [0.15, 0.2) is 34.9 Å². The number of hydrogen-bond acceptors (Lipinski definition) is 4. The van der Waals surface area contributed by atoms with Gasteiger partial charge in [0.1, 0.15) is 12.1 Å². The van der Waals surface area contributed by atoms with E-state index in [1.54, 1.807) is 18.4 Å². The molecule has 1 aliphatic rings. The fourth-order valence-corrected chi connectivity index (χ4v) is 3.23. The Kier molecular flexibility index (Phi) is 5.17. The number of aromatic nitrogens is 1. The highest BCUT2D eigenvalue weighted by molar-refractivity contribution is 7.99. The van der Waals surface area contributed by atoms with Crippen LogP contribution in [0.3, 0.4) is 0 Å². The van der Waals surface area contributed by atoms with Crippen LogP contribution < -0.4 is 5.32 Å². The molecule has 0 bridgehead atoms. The molecule has 122 valence electrons. The van der Waals surface area contributed by atoms with E-state index < -0.39 is 0 Å². The second kappa shape index (κ2) is 7.50. The van der Waals surface area contributed by atoms with E-state index in [0.717, 1.165) is 35.9 Å². The van der Waals surface area contributed by atoms with Crippen LogP contribution >= 0.6 is 11.8 Å². The number of urea groups is 1. The fraction of sp³-hybridized carbons (Fsp3) is 0.375. The third kappa shape index (κ3) is 4.25. The average molecular weight is 335 g/mol. The number of nitrogens with zero attached hydrogens (tertiary/aromatic N) is 2. The molecule has 0 atom stereocenters. The van der Waals surface area contributed by atoms with Crippen molar-refractivity contribution in [1.29, 1.82) is 0 Å². The molecule has 3 rings (SSSR count). The van der Waals surface area contributed by atoms with Gasteiger partial charge in [-0.3, -0.25) is 0 Å². The maximum atomic E-state index is 12.9. The summed E-state index contributed by atoms with van der Waals surface area (Å²) in [6.07, 6.45) is 2.17. The molecule has 0 spiro atoms. The largest absolute Gasteiger partial charge is 0.444 e. The van der Waals surface area contributed by atoms with Crippen LogP contribution in [0, 0.1) is 5.82 Å². The Morgan fingerprint density at radius 1 is 1.30 bits per heavy atom. The second-order valence-corrected chi connectivity index (χ2v) is 6.46. The number of rotatable bonds is 4. The number of thioether (sulfide) groups is 1. The first-order valence-electron chi connectivity index (χ1n) is 7.53. The molecule has 7 heteroatoms. The molecule has 1 aromatic carbocycles. The number of benzene rings is 1. The molecule has 1 aromatic heterocycles. The molecule has 1 fully saturated rings. The number of halogens is 1. The van der Waals surface area contributed by atoms with Crippen molar-refractivity contribution in [2.75, 3.05) is 31.1 Å². The minimum atomic E-state index is -0.292. The van der Waals surface area contributed by atoms with Crippen molar-refractivity contribution in [3.63, 3.8) is 0 Å². The molecule has 0 radical (unpaired) electrons. The van der Waals surface area contributed by atoms with Gasteiger partial charge in [-0.25, -0.2) is 14.2 Å². The minimum absolute atomic E-state index is 0.0208. The van der Waals surface area contributed by atoms with Crippen LogP contribution in [0.4, 0.5) is 9.18 Å². The summed E-state index contributed by atoms with van der Waals surface area (Å²) in [5, 5.41) is 2.90. The number of hydrogen-bond donors (Lipinski definition) is 1. The summed E-state index contributed by atoms with van der Waals surface area (Å²) in [4.78, 5) is 18.2. The minimum Gasteiger partial charge on any atom is -0.444 e. The quantitative estimate of drug-likeness (QED) is 0.933. The number of carbonyl (C=O) groups excluding carboxylic acids is 1. The SMILES string of the molecule is O=C(NCCc1coc(-c2ccc(F)cc2)n1)N1CCSCC1. The Morgan fingerprint density at radius 3 is 2.78 bits per heavy atom. The van der Waals surface area contributed by atoms with Gasteiger partial charge in [0.25, 0.3) is 0 Å². The van der Waals surface area contributed by atoms with Gasteiger partial charge in [-0.1, -0.05) is 0 Å². The molecule has 5 nitrogen and oxygen atoms in total. The van der Waals surface area contributed by atoms with E-state index in [-0.39, 0.29) is 11.8 Å². The van der Waals surface area contributed by atoms with Crippen molar-refractivity contribution in [2.24, 2.45) is 0 Å². The second-order valence-electron chi connectivity index (χ2n) is 5.23. The first-order chi connectivity index (χ1) is 11.2. The van der Waals surface area contributed by atoms with E-state index in [4.69, 9.17) is 4.42 Å². The first-order valence-corrected chi connectivity index (χ1v) is 8.69. The number of nitrogens with one attached hydrogen (secondary N) is 1. The van der Waals surface area contributed by atoms with Crippen molar-refractivity contribution in [3.05, 3.63) is 42.0 Å². The van der Waals surface area contributed by atoms with E-state index >= 15 is 0 Å². The first kappa shape index (κ1) is 15.9. The smallest absolute Gasteiger partial charge is 0.317 e. The van der Waals surface area contributed by atoms with E-state index in [0.29, 0.717) is 18.9 Å². The van der Waals surface area contributed by atoms with E-state index in [2.05, 4.69) is 10.3 Å². The van der Waals surface area contributed by atoms with Crippen LogP contribution in [0.25, 0.3) is 11.5 Å².